The first-order valence-corrected chi connectivity index (χ1v) is 7.89. The minimum absolute atomic E-state index is 0.329. The second kappa shape index (κ2) is 8.20. The van der Waals surface area contributed by atoms with Gasteiger partial charge in [-0.05, 0) is 0 Å². The van der Waals surface area contributed by atoms with E-state index in [0.717, 1.165) is 11.3 Å². The minimum Gasteiger partial charge on any atom is -0.481 e. The van der Waals surface area contributed by atoms with Crippen LogP contribution in [0.4, 0.5) is 5.82 Å². The first-order chi connectivity index (χ1) is 12.3. The van der Waals surface area contributed by atoms with Crippen LogP contribution < -0.4 is 10.1 Å². The molecule has 0 saturated heterocycles. The van der Waals surface area contributed by atoms with Gasteiger partial charge in [-0.2, -0.15) is 4.98 Å². The van der Waals surface area contributed by atoms with Crippen molar-refractivity contribution >= 4 is 5.82 Å². The fourth-order valence-corrected chi connectivity index (χ4v) is 2.31. The first kappa shape index (κ1) is 16.8. The largest absolute Gasteiger partial charge is 0.481 e. The van der Waals surface area contributed by atoms with Crippen LogP contribution in [0.2, 0.25) is 0 Å². The predicted molar refractivity (Wildman–Crippen MR) is 93.2 cm³/mol. The molecule has 1 aromatic carbocycles. The van der Waals surface area contributed by atoms with Gasteiger partial charge in [0, 0.05) is 25.3 Å². The van der Waals surface area contributed by atoms with E-state index in [1.165, 1.54) is 0 Å². The van der Waals surface area contributed by atoms with Gasteiger partial charge in [0.25, 0.3) is 0 Å². The van der Waals surface area contributed by atoms with Gasteiger partial charge in [-0.25, -0.2) is 4.98 Å². The number of methoxy groups -OCH3 is 2. The van der Waals surface area contributed by atoms with Crippen LogP contribution in [0, 0.1) is 0 Å². The molecule has 0 saturated carbocycles. The third-order valence-corrected chi connectivity index (χ3v) is 3.49. The minimum atomic E-state index is 0.329. The van der Waals surface area contributed by atoms with E-state index < -0.39 is 0 Å². The Bertz CT molecular complexity index is 806. The topological polar surface area (TPSA) is 87.0 Å². The molecule has 0 spiro atoms. The van der Waals surface area contributed by atoms with Crippen LogP contribution in [-0.4, -0.2) is 45.7 Å². The van der Waals surface area contributed by atoms with Gasteiger partial charge in [0.15, 0.2) is 5.82 Å². The molecule has 3 aromatic rings. The maximum Gasteiger partial charge on any atom is 0.218 e. The summed E-state index contributed by atoms with van der Waals surface area (Å²) in [4.78, 5) is 8.60. The Balaban J connectivity index is 1.60. The summed E-state index contributed by atoms with van der Waals surface area (Å²) in [5.41, 5.74) is 1.90. The maximum atomic E-state index is 5.18. The van der Waals surface area contributed by atoms with Crippen LogP contribution in [0.15, 0.2) is 42.6 Å². The van der Waals surface area contributed by atoms with E-state index in [4.69, 9.17) is 9.47 Å². The number of hydrogen-bond donors (Lipinski definition) is 1. The molecule has 8 heteroatoms. The normalized spacial score (nSPS) is 10.6. The Hall–Kier alpha value is -3.00. The van der Waals surface area contributed by atoms with E-state index in [9.17, 15) is 0 Å². The molecule has 0 bridgehead atoms. The highest BCUT2D eigenvalue weighted by atomic mass is 16.5. The summed E-state index contributed by atoms with van der Waals surface area (Å²) in [6.45, 7) is 1.63. The smallest absolute Gasteiger partial charge is 0.218 e. The lowest BCUT2D eigenvalue weighted by molar-refractivity contribution is 0.177. The van der Waals surface area contributed by atoms with E-state index in [0.29, 0.717) is 37.2 Å². The van der Waals surface area contributed by atoms with Crippen molar-refractivity contribution in [2.45, 2.75) is 13.2 Å². The van der Waals surface area contributed by atoms with Crippen LogP contribution >= 0.6 is 0 Å². The first-order valence-electron chi connectivity index (χ1n) is 7.89. The second-order valence-electron chi connectivity index (χ2n) is 5.30. The Morgan fingerprint density at radius 3 is 2.72 bits per heavy atom. The molecule has 0 aliphatic rings. The number of hydrogen-bond acceptors (Lipinski definition) is 7. The number of benzene rings is 1. The molecule has 1 N–H and O–H groups in total. The van der Waals surface area contributed by atoms with Crippen molar-refractivity contribution in [3.63, 3.8) is 0 Å². The lowest BCUT2D eigenvalue weighted by Crippen LogP contribution is -2.13. The van der Waals surface area contributed by atoms with E-state index in [1.54, 1.807) is 25.0 Å². The van der Waals surface area contributed by atoms with Crippen molar-refractivity contribution in [1.82, 2.24) is 25.0 Å². The zero-order chi connectivity index (χ0) is 17.5. The molecule has 3 rings (SSSR count). The Labute approximate surface area is 145 Å². The summed E-state index contributed by atoms with van der Waals surface area (Å²) >= 11 is 0. The summed E-state index contributed by atoms with van der Waals surface area (Å²) in [6, 6.07) is 11.7. The number of nitrogens with one attached hydrogen (secondary N) is 1. The second-order valence-corrected chi connectivity index (χ2v) is 5.30. The number of aromatic nitrogens is 5. The molecule has 0 amide bonds. The molecule has 0 aliphatic heterocycles. The quantitative estimate of drug-likeness (QED) is 0.671. The van der Waals surface area contributed by atoms with Gasteiger partial charge < -0.3 is 14.8 Å². The SMILES string of the molecule is COCc1nc(NCCn2cc(-c3ccccc3)nn2)cc(OC)n1. The Morgan fingerprint density at radius 2 is 1.96 bits per heavy atom. The Morgan fingerprint density at radius 1 is 1.12 bits per heavy atom. The molecule has 25 heavy (non-hydrogen) atoms. The highest BCUT2D eigenvalue weighted by Gasteiger charge is 2.06. The van der Waals surface area contributed by atoms with Crippen molar-refractivity contribution in [3.8, 4) is 17.1 Å². The third kappa shape index (κ3) is 4.51. The summed E-state index contributed by atoms with van der Waals surface area (Å²) < 4.78 is 12.1. The number of nitrogens with zero attached hydrogens (tertiary/aromatic N) is 5. The maximum absolute atomic E-state index is 5.18. The zero-order valence-corrected chi connectivity index (χ0v) is 14.2. The molecule has 0 atom stereocenters. The lowest BCUT2D eigenvalue weighted by Gasteiger charge is -2.09. The fraction of sp³-hybridized carbons (Fsp3) is 0.294. The zero-order valence-electron chi connectivity index (χ0n) is 14.2. The summed E-state index contributed by atoms with van der Waals surface area (Å²) in [6.07, 6.45) is 1.92. The molecule has 0 fully saturated rings. The van der Waals surface area contributed by atoms with Crippen LogP contribution in [0.5, 0.6) is 5.88 Å². The van der Waals surface area contributed by atoms with Gasteiger partial charge in [-0.15, -0.1) is 5.10 Å². The van der Waals surface area contributed by atoms with Gasteiger partial charge in [0.05, 0.1) is 19.9 Å². The van der Waals surface area contributed by atoms with Crippen molar-refractivity contribution in [3.05, 3.63) is 48.4 Å². The molecular formula is C17H20N6O2. The highest BCUT2D eigenvalue weighted by Crippen LogP contribution is 2.15. The number of ether oxygens (including phenoxy) is 2. The Kier molecular flexibility index (Phi) is 5.53. The van der Waals surface area contributed by atoms with Crippen molar-refractivity contribution in [2.24, 2.45) is 0 Å². The van der Waals surface area contributed by atoms with Crippen LogP contribution in [0.25, 0.3) is 11.3 Å². The van der Waals surface area contributed by atoms with E-state index >= 15 is 0 Å². The lowest BCUT2D eigenvalue weighted by atomic mass is 10.2. The van der Waals surface area contributed by atoms with Gasteiger partial charge in [-0.3, -0.25) is 4.68 Å². The monoisotopic (exact) mass is 340 g/mol. The molecule has 0 unspecified atom stereocenters. The summed E-state index contributed by atoms with van der Waals surface area (Å²) in [7, 11) is 3.17. The van der Waals surface area contributed by atoms with E-state index in [2.05, 4.69) is 25.6 Å². The average molecular weight is 340 g/mol. The van der Waals surface area contributed by atoms with E-state index in [-0.39, 0.29) is 0 Å². The molecule has 0 aliphatic carbocycles. The third-order valence-electron chi connectivity index (χ3n) is 3.49. The average Bonchev–Trinajstić information content (AvgIpc) is 3.11. The summed E-state index contributed by atoms with van der Waals surface area (Å²) in [5.74, 6) is 1.75. The number of anilines is 1. The van der Waals surface area contributed by atoms with Gasteiger partial charge in [-0.1, -0.05) is 35.5 Å². The van der Waals surface area contributed by atoms with Crippen molar-refractivity contribution in [1.29, 1.82) is 0 Å². The van der Waals surface area contributed by atoms with E-state index in [1.807, 2.05) is 36.5 Å². The van der Waals surface area contributed by atoms with Gasteiger partial charge >= 0.3 is 0 Å². The highest BCUT2D eigenvalue weighted by molar-refractivity contribution is 5.57. The van der Waals surface area contributed by atoms with Crippen LogP contribution in [0.3, 0.4) is 0 Å². The number of rotatable bonds is 8. The molecule has 8 nitrogen and oxygen atoms in total. The molecule has 2 aromatic heterocycles. The predicted octanol–water partition coefficient (Wildman–Crippen LogP) is 2.00. The fourth-order valence-electron chi connectivity index (χ4n) is 2.31. The summed E-state index contributed by atoms with van der Waals surface area (Å²) in [5, 5.41) is 11.6. The van der Waals surface area contributed by atoms with Crippen LogP contribution in [-0.2, 0) is 17.9 Å². The standard InChI is InChI=1S/C17H20N6O2/c1-24-12-16-19-15(10-17(20-16)25-2)18-8-9-23-11-14(21-22-23)13-6-4-3-5-7-13/h3-7,10-11H,8-9,12H2,1-2H3,(H,18,19,20). The van der Waals surface area contributed by atoms with Crippen molar-refractivity contribution < 1.29 is 9.47 Å². The van der Waals surface area contributed by atoms with Crippen molar-refractivity contribution in [2.75, 3.05) is 26.1 Å². The van der Waals surface area contributed by atoms with Gasteiger partial charge in [0.2, 0.25) is 5.88 Å². The molecular weight excluding hydrogens is 320 g/mol. The molecule has 0 radical (unpaired) electrons. The van der Waals surface area contributed by atoms with Gasteiger partial charge in [0.1, 0.15) is 18.1 Å². The molecule has 130 valence electrons. The van der Waals surface area contributed by atoms with Crippen LogP contribution in [0.1, 0.15) is 5.82 Å². The molecule has 2 heterocycles.